The van der Waals surface area contributed by atoms with Gasteiger partial charge in [0.25, 0.3) is 5.91 Å². The summed E-state index contributed by atoms with van der Waals surface area (Å²) < 4.78 is 0. The maximum atomic E-state index is 11.0. The predicted octanol–water partition coefficient (Wildman–Crippen LogP) is -1.56. The van der Waals surface area contributed by atoms with Gasteiger partial charge in [-0.05, 0) is 13.8 Å². The van der Waals surface area contributed by atoms with Crippen LogP contribution in [0.25, 0.3) is 0 Å². The SMILES string of the molecule is CC1(C)C(=O)NC(=O)N1CO.O. The lowest BCUT2D eigenvalue weighted by Gasteiger charge is -2.24. The molecule has 1 rings (SSSR count). The molecule has 1 fully saturated rings. The summed E-state index contributed by atoms with van der Waals surface area (Å²) in [5.74, 6) is -0.378. The number of amides is 3. The monoisotopic (exact) mass is 176 g/mol. The molecule has 1 aliphatic rings. The number of carbonyl (C=O) groups is 2. The molecule has 0 bridgehead atoms. The first kappa shape index (κ1) is 10.9. The molecule has 1 aliphatic heterocycles. The highest BCUT2D eigenvalue weighted by Gasteiger charge is 2.44. The molecule has 0 unspecified atom stereocenters. The van der Waals surface area contributed by atoms with Gasteiger partial charge in [-0.25, -0.2) is 4.79 Å². The summed E-state index contributed by atoms with van der Waals surface area (Å²) in [5, 5.41) is 10.8. The molecule has 12 heavy (non-hydrogen) atoms. The van der Waals surface area contributed by atoms with E-state index in [0.29, 0.717) is 0 Å². The highest BCUT2D eigenvalue weighted by atomic mass is 16.3. The zero-order valence-corrected chi connectivity index (χ0v) is 6.92. The number of urea groups is 1. The standard InChI is InChI=1S/C6H10N2O3.H2O/c1-6(2)4(10)7-5(11)8(6)3-9;/h9H,3H2,1-2H3,(H,7,10,11);1H2. The van der Waals surface area contributed by atoms with Crippen LogP contribution in [0.1, 0.15) is 13.8 Å². The molecule has 0 saturated carbocycles. The molecule has 3 amide bonds. The van der Waals surface area contributed by atoms with Crippen LogP contribution in [0.4, 0.5) is 4.79 Å². The average molecular weight is 176 g/mol. The minimum absolute atomic E-state index is 0. The lowest BCUT2D eigenvalue weighted by Crippen LogP contribution is -2.44. The molecule has 1 saturated heterocycles. The van der Waals surface area contributed by atoms with E-state index < -0.39 is 18.3 Å². The zero-order valence-electron chi connectivity index (χ0n) is 6.92. The van der Waals surface area contributed by atoms with E-state index in [9.17, 15) is 9.59 Å². The normalized spacial score (nSPS) is 20.4. The molecule has 0 aromatic heterocycles. The van der Waals surface area contributed by atoms with Crippen molar-refractivity contribution in [2.45, 2.75) is 19.4 Å². The first-order valence-corrected chi connectivity index (χ1v) is 3.24. The van der Waals surface area contributed by atoms with Crippen LogP contribution in [0.5, 0.6) is 0 Å². The highest BCUT2D eigenvalue weighted by molar-refractivity contribution is 6.06. The molecule has 0 aromatic rings. The summed E-state index contributed by atoms with van der Waals surface area (Å²) in [6, 6.07) is -0.539. The molecule has 0 radical (unpaired) electrons. The summed E-state index contributed by atoms with van der Waals surface area (Å²) >= 11 is 0. The number of imide groups is 1. The Morgan fingerprint density at radius 1 is 1.50 bits per heavy atom. The van der Waals surface area contributed by atoms with E-state index in [1.54, 1.807) is 13.8 Å². The number of carbonyl (C=O) groups excluding carboxylic acids is 2. The predicted molar refractivity (Wildman–Crippen MR) is 40.2 cm³/mol. The Morgan fingerprint density at radius 2 is 2.00 bits per heavy atom. The number of nitrogens with zero attached hydrogens (tertiary/aromatic N) is 1. The molecule has 70 valence electrons. The van der Waals surface area contributed by atoms with Crippen molar-refractivity contribution in [3.8, 4) is 0 Å². The Hall–Kier alpha value is -1.14. The van der Waals surface area contributed by atoms with Gasteiger partial charge in [0.2, 0.25) is 0 Å². The molecule has 4 N–H and O–H groups in total. The number of rotatable bonds is 1. The van der Waals surface area contributed by atoms with Crippen LogP contribution in [0, 0.1) is 0 Å². The largest absolute Gasteiger partial charge is 0.412 e. The van der Waals surface area contributed by atoms with Crippen LogP contribution in [0.15, 0.2) is 0 Å². The fraction of sp³-hybridized carbons (Fsp3) is 0.667. The zero-order chi connectivity index (χ0) is 8.65. The van der Waals surface area contributed by atoms with Crippen molar-refractivity contribution in [3.63, 3.8) is 0 Å². The average Bonchev–Trinajstić information content (AvgIpc) is 2.04. The maximum Gasteiger partial charge on any atom is 0.326 e. The van der Waals surface area contributed by atoms with Crippen molar-refractivity contribution in [3.05, 3.63) is 0 Å². The van der Waals surface area contributed by atoms with Gasteiger partial charge in [-0.2, -0.15) is 0 Å². The summed E-state index contributed by atoms with van der Waals surface area (Å²) in [5.41, 5.74) is -0.925. The van der Waals surface area contributed by atoms with E-state index >= 15 is 0 Å². The second-order valence-corrected chi connectivity index (χ2v) is 2.89. The van der Waals surface area contributed by atoms with E-state index in [1.165, 1.54) is 0 Å². The summed E-state index contributed by atoms with van der Waals surface area (Å²) in [6.07, 6.45) is 0. The van der Waals surface area contributed by atoms with Gasteiger partial charge in [0, 0.05) is 0 Å². The van der Waals surface area contributed by atoms with Crippen molar-refractivity contribution in [1.29, 1.82) is 0 Å². The van der Waals surface area contributed by atoms with E-state index in [1.807, 2.05) is 0 Å². The molecular weight excluding hydrogens is 164 g/mol. The van der Waals surface area contributed by atoms with Crippen molar-refractivity contribution in [1.82, 2.24) is 10.2 Å². The van der Waals surface area contributed by atoms with E-state index in [-0.39, 0.29) is 11.4 Å². The van der Waals surface area contributed by atoms with Crippen LogP contribution >= 0.6 is 0 Å². The highest BCUT2D eigenvalue weighted by Crippen LogP contribution is 2.19. The van der Waals surface area contributed by atoms with Crippen molar-refractivity contribution in [2.75, 3.05) is 6.73 Å². The van der Waals surface area contributed by atoms with Crippen LogP contribution in [0.3, 0.4) is 0 Å². The first-order valence-electron chi connectivity index (χ1n) is 3.24. The van der Waals surface area contributed by atoms with Gasteiger partial charge in [0.15, 0.2) is 0 Å². The van der Waals surface area contributed by atoms with E-state index in [4.69, 9.17) is 5.11 Å². The van der Waals surface area contributed by atoms with Crippen molar-refractivity contribution < 1.29 is 20.2 Å². The minimum Gasteiger partial charge on any atom is -0.412 e. The molecular formula is C6H12N2O4. The number of nitrogens with one attached hydrogen (secondary N) is 1. The van der Waals surface area contributed by atoms with E-state index in [0.717, 1.165) is 4.90 Å². The third-order valence-electron chi connectivity index (χ3n) is 1.84. The van der Waals surface area contributed by atoms with Gasteiger partial charge in [-0.1, -0.05) is 0 Å². The number of hydrogen-bond acceptors (Lipinski definition) is 3. The molecule has 0 aliphatic carbocycles. The Labute approximate surface area is 69.5 Å². The summed E-state index contributed by atoms with van der Waals surface area (Å²) in [4.78, 5) is 22.9. The van der Waals surface area contributed by atoms with Gasteiger partial charge in [0.05, 0.1) is 0 Å². The van der Waals surface area contributed by atoms with Crippen LogP contribution in [-0.2, 0) is 4.79 Å². The number of aliphatic hydroxyl groups is 1. The van der Waals surface area contributed by atoms with E-state index in [2.05, 4.69) is 5.32 Å². The third-order valence-corrected chi connectivity index (χ3v) is 1.84. The smallest absolute Gasteiger partial charge is 0.326 e. The third kappa shape index (κ3) is 1.26. The number of hydrogen-bond donors (Lipinski definition) is 2. The van der Waals surface area contributed by atoms with Gasteiger partial charge >= 0.3 is 6.03 Å². The van der Waals surface area contributed by atoms with Crippen LogP contribution in [0.2, 0.25) is 0 Å². The minimum atomic E-state index is -0.925. The van der Waals surface area contributed by atoms with Crippen molar-refractivity contribution >= 4 is 11.9 Å². The van der Waals surface area contributed by atoms with Gasteiger partial charge in [-0.3, -0.25) is 15.0 Å². The van der Waals surface area contributed by atoms with Crippen LogP contribution in [-0.4, -0.2) is 39.7 Å². The quantitative estimate of drug-likeness (QED) is 0.472. The first-order chi connectivity index (χ1) is 5.00. The van der Waals surface area contributed by atoms with Gasteiger partial charge < -0.3 is 10.6 Å². The van der Waals surface area contributed by atoms with Gasteiger partial charge in [-0.15, -0.1) is 0 Å². The summed E-state index contributed by atoms with van der Waals surface area (Å²) in [6.45, 7) is 2.71. The molecule has 1 heterocycles. The molecule has 0 spiro atoms. The Morgan fingerprint density at radius 3 is 2.17 bits per heavy atom. The maximum absolute atomic E-state index is 11.0. The fourth-order valence-corrected chi connectivity index (χ4v) is 0.935. The van der Waals surface area contributed by atoms with Crippen LogP contribution < -0.4 is 5.32 Å². The Kier molecular flexibility index (Phi) is 2.78. The lowest BCUT2D eigenvalue weighted by atomic mass is 10.1. The topological polar surface area (TPSA) is 101 Å². The van der Waals surface area contributed by atoms with Gasteiger partial charge in [0.1, 0.15) is 12.3 Å². The number of aliphatic hydroxyl groups excluding tert-OH is 1. The Balaban J connectivity index is 0.00000121. The lowest BCUT2D eigenvalue weighted by molar-refractivity contribution is -0.126. The fourth-order valence-electron chi connectivity index (χ4n) is 0.935. The second kappa shape index (κ2) is 3.08. The molecule has 0 aromatic carbocycles. The van der Waals surface area contributed by atoms with Crippen molar-refractivity contribution in [2.24, 2.45) is 0 Å². The molecule has 6 heteroatoms. The Bertz CT molecular complexity index is 214. The molecule has 0 atom stereocenters. The molecule has 6 nitrogen and oxygen atoms in total. The second-order valence-electron chi connectivity index (χ2n) is 2.89. The summed E-state index contributed by atoms with van der Waals surface area (Å²) in [7, 11) is 0.